The van der Waals surface area contributed by atoms with E-state index in [2.05, 4.69) is 22.6 Å². The zero-order chi connectivity index (χ0) is 11.8. The van der Waals surface area contributed by atoms with Gasteiger partial charge >= 0.3 is 0 Å². The van der Waals surface area contributed by atoms with Crippen LogP contribution < -0.4 is 10.6 Å². The molecule has 0 aromatic carbocycles. The van der Waals surface area contributed by atoms with Crippen molar-refractivity contribution in [3.05, 3.63) is 0 Å². The summed E-state index contributed by atoms with van der Waals surface area (Å²) < 4.78 is 0. The van der Waals surface area contributed by atoms with Crippen LogP contribution in [-0.2, 0) is 4.79 Å². The van der Waals surface area contributed by atoms with E-state index in [1.807, 2.05) is 0 Å². The Kier molecular flexibility index (Phi) is 6.42. The molecular weight excluding hydrogens is 202 g/mol. The molecule has 1 rings (SSSR count). The first-order valence-electron chi connectivity index (χ1n) is 6.32. The number of rotatable bonds is 6. The molecule has 94 valence electrons. The van der Waals surface area contributed by atoms with Crippen molar-refractivity contribution in [1.82, 2.24) is 15.5 Å². The average Bonchev–Trinajstić information content (AvgIpc) is 2.30. The molecule has 1 aliphatic rings. The van der Waals surface area contributed by atoms with E-state index < -0.39 is 0 Å². The minimum atomic E-state index is 0.146. The van der Waals surface area contributed by atoms with Crippen LogP contribution in [-0.4, -0.2) is 51.1 Å². The maximum absolute atomic E-state index is 11.0. The van der Waals surface area contributed by atoms with Crippen molar-refractivity contribution in [1.29, 1.82) is 0 Å². The van der Waals surface area contributed by atoms with E-state index in [1.54, 1.807) is 7.05 Å². The first-order chi connectivity index (χ1) is 7.72. The fourth-order valence-corrected chi connectivity index (χ4v) is 2.25. The van der Waals surface area contributed by atoms with Crippen LogP contribution in [0.1, 0.15) is 25.7 Å². The van der Waals surface area contributed by atoms with Gasteiger partial charge in [0.05, 0.1) is 0 Å². The predicted molar refractivity (Wildman–Crippen MR) is 66.4 cm³/mol. The number of hydrogen-bond acceptors (Lipinski definition) is 3. The van der Waals surface area contributed by atoms with Gasteiger partial charge in [-0.3, -0.25) is 4.79 Å². The molecule has 2 N–H and O–H groups in total. The van der Waals surface area contributed by atoms with E-state index in [9.17, 15) is 4.79 Å². The number of piperidine rings is 1. The normalized spacial score (nSPS) is 21.1. The van der Waals surface area contributed by atoms with Crippen molar-refractivity contribution in [2.45, 2.75) is 25.7 Å². The zero-order valence-corrected chi connectivity index (χ0v) is 10.6. The summed E-state index contributed by atoms with van der Waals surface area (Å²) in [5.41, 5.74) is 0. The smallest absolute Gasteiger partial charge is 0.219 e. The van der Waals surface area contributed by atoms with Crippen molar-refractivity contribution in [3.8, 4) is 0 Å². The fourth-order valence-electron chi connectivity index (χ4n) is 2.25. The summed E-state index contributed by atoms with van der Waals surface area (Å²) in [4.78, 5) is 13.4. The van der Waals surface area contributed by atoms with Gasteiger partial charge in [0.15, 0.2) is 0 Å². The lowest BCUT2D eigenvalue weighted by Crippen LogP contribution is -2.37. The molecule has 0 aliphatic carbocycles. The molecule has 1 unspecified atom stereocenters. The van der Waals surface area contributed by atoms with Gasteiger partial charge in [-0.2, -0.15) is 0 Å². The Morgan fingerprint density at radius 1 is 1.56 bits per heavy atom. The highest BCUT2D eigenvalue weighted by Gasteiger charge is 2.14. The summed E-state index contributed by atoms with van der Waals surface area (Å²) in [6, 6.07) is 0. The maximum Gasteiger partial charge on any atom is 0.219 e. The Hall–Kier alpha value is -0.610. The third-order valence-corrected chi connectivity index (χ3v) is 3.19. The molecule has 0 spiro atoms. The predicted octanol–water partition coefficient (Wildman–Crippen LogP) is 0.444. The molecule has 0 radical (unpaired) electrons. The van der Waals surface area contributed by atoms with Crippen LogP contribution in [0.15, 0.2) is 0 Å². The van der Waals surface area contributed by atoms with Crippen LogP contribution in [0.4, 0.5) is 0 Å². The number of hydrogen-bond donors (Lipinski definition) is 2. The molecule has 1 heterocycles. The molecule has 4 heteroatoms. The Labute approximate surface area is 98.8 Å². The van der Waals surface area contributed by atoms with Crippen molar-refractivity contribution >= 4 is 5.91 Å². The highest BCUT2D eigenvalue weighted by atomic mass is 16.1. The van der Waals surface area contributed by atoms with Crippen LogP contribution in [0.5, 0.6) is 0 Å². The highest BCUT2D eigenvalue weighted by Crippen LogP contribution is 2.11. The number of amides is 1. The average molecular weight is 227 g/mol. The maximum atomic E-state index is 11.0. The van der Waals surface area contributed by atoms with Crippen LogP contribution in [0.3, 0.4) is 0 Å². The second-order valence-electron chi connectivity index (χ2n) is 4.75. The van der Waals surface area contributed by atoms with Crippen molar-refractivity contribution in [2.75, 3.05) is 40.3 Å². The Bertz CT molecular complexity index is 202. The van der Waals surface area contributed by atoms with Crippen LogP contribution in [0, 0.1) is 5.92 Å². The van der Waals surface area contributed by atoms with E-state index in [0.717, 1.165) is 32.0 Å². The van der Waals surface area contributed by atoms with Crippen LogP contribution in [0.2, 0.25) is 0 Å². The minimum absolute atomic E-state index is 0.146. The molecule has 0 bridgehead atoms. The van der Waals surface area contributed by atoms with Gasteiger partial charge in [-0.05, 0) is 51.9 Å². The molecule has 1 amide bonds. The Morgan fingerprint density at radius 2 is 2.38 bits per heavy atom. The topological polar surface area (TPSA) is 44.4 Å². The van der Waals surface area contributed by atoms with E-state index in [4.69, 9.17) is 0 Å². The minimum Gasteiger partial charge on any atom is -0.359 e. The van der Waals surface area contributed by atoms with Gasteiger partial charge in [0.2, 0.25) is 5.91 Å². The molecule has 1 fully saturated rings. The van der Waals surface area contributed by atoms with Crippen molar-refractivity contribution in [3.63, 3.8) is 0 Å². The number of nitrogens with zero attached hydrogens (tertiary/aromatic N) is 1. The molecule has 16 heavy (non-hydrogen) atoms. The second kappa shape index (κ2) is 7.63. The van der Waals surface area contributed by atoms with Crippen molar-refractivity contribution < 1.29 is 4.79 Å². The Morgan fingerprint density at radius 3 is 3.00 bits per heavy atom. The lowest BCUT2D eigenvalue weighted by molar-refractivity contribution is -0.120. The van der Waals surface area contributed by atoms with Gasteiger partial charge in [0.1, 0.15) is 0 Å². The van der Waals surface area contributed by atoms with Crippen LogP contribution >= 0.6 is 0 Å². The lowest BCUT2D eigenvalue weighted by atomic mass is 9.99. The van der Waals surface area contributed by atoms with E-state index in [0.29, 0.717) is 6.42 Å². The molecular formula is C12H25N3O. The fraction of sp³-hybridized carbons (Fsp3) is 0.917. The molecule has 1 saturated heterocycles. The molecule has 1 aliphatic heterocycles. The molecule has 0 aromatic heterocycles. The summed E-state index contributed by atoms with van der Waals surface area (Å²) in [5, 5.41) is 6.09. The monoisotopic (exact) mass is 227 g/mol. The lowest BCUT2D eigenvalue weighted by Gasteiger charge is -2.27. The summed E-state index contributed by atoms with van der Waals surface area (Å²) in [5.74, 6) is 0.937. The van der Waals surface area contributed by atoms with Gasteiger partial charge in [-0.25, -0.2) is 0 Å². The van der Waals surface area contributed by atoms with Crippen LogP contribution in [0.25, 0.3) is 0 Å². The zero-order valence-electron chi connectivity index (χ0n) is 10.6. The summed E-state index contributed by atoms with van der Waals surface area (Å²) in [7, 11) is 3.85. The van der Waals surface area contributed by atoms with Gasteiger partial charge in [0, 0.05) is 20.0 Å². The summed E-state index contributed by atoms with van der Waals surface area (Å²) in [6.07, 6.45) is 4.24. The first-order valence-corrected chi connectivity index (χ1v) is 6.32. The summed E-state index contributed by atoms with van der Waals surface area (Å²) >= 11 is 0. The molecule has 0 aromatic rings. The SMILES string of the molecule is CNC(=O)CCCN(C)CC1CCCNC1. The van der Waals surface area contributed by atoms with E-state index >= 15 is 0 Å². The standard InChI is InChI=1S/C12H25N3O/c1-13-12(16)6-4-8-15(2)10-11-5-3-7-14-9-11/h11,14H,3-10H2,1-2H3,(H,13,16). The molecule has 0 saturated carbocycles. The van der Waals surface area contributed by atoms with Crippen molar-refractivity contribution in [2.24, 2.45) is 5.92 Å². The van der Waals surface area contributed by atoms with Gasteiger partial charge in [-0.1, -0.05) is 0 Å². The molecule has 1 atom stereocenters. The first kappa shape index (κ1) is 13.5. The summed E-state index contributed by atoms with van der Waals surface area (Å²) in [6.45, 7) is 4.50. The van der Waals surface area contributed by atoms with Gasteiger partial charge in [0.25, 0.3) is 0 Å². The van der Waals surface area contributed by atoms with Gasteiger partial charge < -0.3 is 15.5 Å². The number of carbonyl (C=O) groups is 1. The van der Waals surface area contributed by atoms with E-state index in [-0.39, 0.29) is 5.91 Å². The second-order valence-corrected chi connectivity index (χ2v) is 4.75. The highest BCUT2D eigenvalue weighted by molar-refractivity contribution is 5.75. The largest absolute Gasteiger partial charge is 0.359 e. The third kappa shape index (κ3) is 5.47. The van der Waals surface area contributed by atoms with Gasteiger partial charge in [-0.15, -0.1) is 0 Å². The Balaban J connectivity index is 2.05. The third-order valence-electron chi connectivity index (χ3n) is 3.19. The quantitative estimate of drug-likeness (QED) is 0.692. The number of nitrogens with one attached hydrogen (secondary N) is 2. The van der Waals surface area contributed by atoms with E-state index in [1.165, 1.54) is 19.4 Å². The molecule has 4 nitrogen and oxygen atoms in total. The number of carbonyl (C=O) groups excluding carboxylic acids is 1.